The Kier molecular flexibility index (Phi) is 3.63. The Morgan fingerprint density at radius 2 is 2.50 bits per heavy atom. The zero-order valence-electron chi connectivity index (χ0n) is 10.8. The minimum atomic E-state index is 0.635. The van der Waals surface area contributed by atoms with Crippen molar-refractivity contribution in [3.8, 4) is 0 Å². The summed E-state index contributed by atoms with van der Waals surface area (Å²) in [6, 6.07) is 0.635. The maximum Gasteiger partial charge on any atom is 0.193 e. The molecular formula is C13H20N4S. The van der Waals surface area contributed by atoms with Crippen LogP contribution in [0.4, 0.5) is 0 Å². The molecule has 3 rings (SSSR count). The van der Waals surface area contributed by atoms with Crippen LogP contribution in [0.1, 0.15) is 25.5 Å². The minimum absolute atomic E-state index is 0.635. The monoisotopic (exact) mass is 264 g/mol. The summed E-state index contributed by atoms with van der Waals surface area (Å²) in [5.74, 6) is 0. The Balaban J connectivity index is 1.69. The van der Waals surface area contributed by atoms with Gasteiger partial charge in [-0.25, -0.2) is 4.98 Å². The van der Waals surface area contributed by atoms with Crippen molar-refractivity contribution < 1.29 is 0 Å². The SMILES string of the molecule is CCC1CN(Cc2cn3ccsc3n2)CCCN1. The van der Waals surface area contributed by atoms with Crippen LogP contribution in [0, 0.1) is 0 Å². The van der Waals surface area contributed by atoms with Gasteiger partial charge in [0.05, 0.1) is 5.69 Å². The van der Waals surface area contributed by atoms with Gasteiger partial charge < -0.3 is 5.32 Å². The molecule has 0 amide bonds. The summed E-state index contributed by atoms with van der Waals surface area (Å²) in [5, 5.41) is 5.68. The molecule has 0 saturated carbocycles. The standard InChI is InChI=1S/C13H20N4S/c1-2-11-8-16(5-3-4-14-11)9-12-10-17-6-7-18-13(17)15-12/h6-7,10-11,14H,2-5,8-9H2,1H3. The van der Waals surface area contributed by atoms with Crippen LogP contribution in [0.5, 0.6) is 0 Å². The molecule has 98 valence electrons. The van der Waals surface area contributed by atoms with E-state index >= 15 is 0 Å². The molecule has 2 aromatic heterocycles. The number of rotatable bonds is 3. The Morgan fingerprint density at radius 3 is 3.33 bits per heavy atom. The third-order valence-electron chi connectivity index (χ3n) is 3.58. The zero-order valence-corrected chi connectivity index (χ0v) is 11.6. The summed E-state index contributed by atoms with van der Waals surface area (Å²) in [5.41, 5.74) is 1.19. The van der Waals surface area contributed by atoms with Crippen molar-refractivity contribution in [3.63, 3.8) is 0 Å². The number of aromatic nitrogens is 2. The molecule has 1 fully saturated rings. The smallest absolute Gasteiger partial charge is 0.193 e. The Bertz CT molecular complexity index is 475. The number of thiazole rings is 1. The lowest BCUT2D eigenvalue weighted by atomic mass is 10.2. The fourth-order valence-electron chi connectivity index (χ4n) is 2.57. The lowest BCUT2D eigenvalue weighted by Gasteiger charge is -2.22. The molecule has 2 aromatic rings. The lowest BCUT2D eigenvalue weighted by Crippen LogP contribution is -2.36. The molecule has 3 heterocycles. The van der Waals surface area contributed by atoms with Gasteiger partial charge in [0.15, 0.2) is 4.96 Å². The number of fused-ring (bicyclic) bond motifs is 1. The Morgan fingerprint density at radius 1 is 1.56 bits per heavy atom. The van der Waals surface area contributed by atoms with E-state index in [1.807, 2.05) is 0 Å². The molecule has 0 radical (unpaired) electrons. The van der Waals surface area contributed by atoms with Crippen LogP contribution in [0.3, 0.4) is 0 Å². The van der Waals surface area contributed by atoms with Crippen molar-refractivity contribution in [3.05, 3.63) is 23.5 Å². The van der Waals surface area contributed by atoms with Crippen LogP contribution in [-0.2, 0) is 6.54 Å². The van der Waals surface area contributed by atoms with Gasteiger partial charge in [-0.3, -0.25) is 9.30 Å². The largest absolute Gasteiger partial charge is 0.313 e. The highest BCUT2D eigenvalue weighted by Gasteiger charge is 2.17. The van der Waals surface area contributed by atoms with Crippen molar-refractivity contribution >= 4 is 16.3 Å². The van der Waals surface area contributed by atoms with Gasteiger partial charge in [-0.2, -0.15) is 0 Å². The van der Waals surface area contributed by atoms with Gasteiger partial charge in [-0.15, -0.1) is 11.3 Å². The molecular weight excluding hydrogens is 244 g/mol. The average molecular weight is 264 g/mol. The Labute approximate surface area is 112 Å². The topological polar surface area (TPSA) is 32.6 Å². The molecule has 1 aliphatic rings. The summed E-state index contributed by atoms with van der Waals surface area (Å²) >= 11 is 1.70. The van der Waals surface area contributed by atoms with Crippen molar-refractivity contribution in [2.24, 2.45) is 0 Å². The summed E-state index contributed by atoms with van der Waals surface area (Å²) in [4.78, 5) is 8.30. The van der Waals surface area contributed by atoms with Crippen LogP contribution in [0.25, 0.3) is 4.96 Å². The lowest BCUT2D eigenvalue weighted by molar-refractivity contribution is 0.255. The first-order chi connectivity index (χ1) is 8.85. The Hall–Kier alpha value is -0.910. The van der Waals surface area contributed by atoms with Crippen LogP contribution in [0.2, 0.25) is 0 Å². The molecule has 1 saturated heterocycles. The highest BCUT2D eigenvalue weighted by molar-refractivity contribution is 7.15. The number of nitrogens with one attached hydrogen (secondary N) is 1. The minimum Gasteiger partial charge on any atom is -0.313 e. The molecule has 1 unspecified atom stereocenters. The van der Waals surface area contributed by atoms with Crippen molar-refractivity contribution in [1.82, 2.24) is 19.6 Å². The van der Waals surface area contributed by atoms with E-state index in [1.54, 1.807) is 11.3 Å². The van der Waals surface area contributed by atoms with Gasteiger partial charge in [-0.1, -0.05) is 6.92 Å². The van der Waals surface area contributed by atoms with Crippen molar-refractivity contribution in [1.29, 1.82) is 0 Å². The first-order valence-electron chi connectivity index (χ1n) is 6.72. The predicted octanol–water partition coefficient (Wildman–Crippen LogP) is 1.97. The van der Waals surface area contributed by atoms with Crippen LogP contribution >= 0.6 is 11.3 Å². The molecule has 5 heteroatoms. The molecule has 0 aromatic carbocycles. The van der Waals surface area contributed by atoms with Gasteiger partial charge in [0, 0.05) is 36.9 Å². The molecule has 0 aliphatic carbocycles. The van der Waals surface area contributed by atoms with Gasteiger partial charge in [0.25, 0.3) is 0 Å². The molecule has 1 atom stereocenters. The maximum absolute atomic E-state index is 4.67. The van der Waals surface area contributed by atoms with Crippen LogP contribution in [0.15, 0.2) is 17.8 Å². The van der Waals surface area contributed by atoms with E-state index in [1.165, 1.54) is 25.1 Å². The van der Waals surface area contributed by atoms with Gasteiger partial charge in [-0.05, 0) is 25.9 Å². The number of hydrogen-bond acceptors (Lipinski definition) is 4. The molecule has 1 N–H and O–H groups in total. The zero-order chi connectivity index (χ0) is 12.4. The van der Waals surface area contributed by atoms with E-state index in [-0.39, 0.29) is 0 Å². The summed E-state index contributed by atoms with van der Waals surface area (Å²) in [6.45, 7) is 6.70. The summed E-state index contributed by atoms with van der Waals surface area (Å²) < 4.78 is 2.12. The molecule has 18 heavy (non-hydrogen) atoms. The van der Waals surface area contributed by atoms with E-state index in [2.05, 4.69) is 44.3 Å². The highest BCUT2D eigenvalue weighted by Crippen LogP contribution is 2.14. The number of nitrogens with zero attached hydrogens (tertiary/aromatic N) is 3. The number of hydrogen-bond donors (Lipinski definition) is 1. The summed E-state index contributed by atoms with van der Waals surface area (Å²) in [7, 11) is 0. The van der Waals surface area contributed by atoms with Gasteiger partial charge in [0.2, 0.25) is 0 Å². The van der Waals surface area contributed by atoms with E-state index in [9.17, 15) is 0 Å². The maximum atomic E-state index is 4.67. The fraction of sp³-hybridized carbons (Fsp3) is 0.615. The third-order valence-corrected chi connectivity index (χ3v) is 4.35. The predicted molar refractivity (Wildman–Crippen MR) is 75.0 cm³/mol. The molecule has 4 nitrogen and oxygen atoms in total. The van der Waals surface area contributed by atoms with Crippen molar-refractivity contribution in [2.75, 3.05) is 19.6 Å². The van der Waals surface area contributed by atoms with Crippen LogP contribution in [-0.4, -0.2) is 40.0 Å². The van der Waals surface area contributed by atoms with Crippen molar-refractivity contribution in [2.45, 2.75) is 32.4 Å². The van der Waals surface area contributed by atoms with E-state index < -0.39 is 0 Å². The summed E-state index contributed by atoms with van der Waals surface area (Å²) in [6.07, 6.45) is 6.67. The second kappa shape index (κ2) is 5.38. The van der Waals surface area contributed by atoms with Crippen LogP contribution < -0.4 is 5.32 Å². The molecule has 0 bridgehead atoms. The highest BCUT2D eigenvalue weighted by atomic mass is 32.1. The van der Waals surface area contributed by atoms with E-state index in [0.29, 0.717) is 6.04 Å². The third kappa shape index (κ3) is 2.58. The second-order valence-electron chi connectivity index (χ2n) is 4.97. The fourth-order valence-corrected chi connectivity index (χ4v) is 3.29. The average Bonchev–Trinajstić information content (AvgIpc) is 2.84. The van der Waals surface area contributed by atoms with E-state index in [0.717, 1.165) is 24.6 Å². The first kappa shape index (κ1) is 12.1. The van der Waals surface area contributed by atoms with Gasteiger partial charge in [0.1, 0.15) is 0 Å². The van der Waals surface area contributed by atoms with Gasteiger partial charge >= 0.3 is 0 Å². The normalized spacial score (nSPS) is 22.4. The van der Waals surface area contributed by atoms with E-state index in [4.69, 9.17) is 0 Å². The molecule has 0 spiro atoms. The quantitative estimate of drug-likeness (QED) is 0.920. The first-order valence-corrected chi connectivity index (χ1v) is 7.60. The second-order valence-corrected chi connectivity index (χ2v) is 5.85. The number of imidazole rings is 1. The molecule has 1 aliphatic heterocycles.